The molecule has 0 unspecified atom stereocenters. The highest BCUT2D eigenvalue weighted by atomic mass is 32.2. The number of methoxy groups -OCH3 is 1. The van der Waals surface area contributed by atoms with Gasteiger partial charge in [0.2, 0.25) is 5.69 Å². The van der Waals surface area contributed by atoms with Gasteiger partial charge in [-0.05, 0) is 29.2 Å². The maximum absolute atomic E-state index is 13.5. The third kappa shape index (κ3) is 4.10. The summed E-state index contributed by atoms with van der Waals surface area (Å²) < 4.78 is 65.9. The number of amides is 1. The van der Waals surface area contributed by atoms with Crippen LogP contribution in [0.5, 0.6) is 17.2 Å². The number of hydrogen-bond acceptors (Lipinski definition) is 8. The molecule has 1 saturated heterocycles. The molecule has 12 heteroatoms. The molecule has 0 atom stereocenters. The van der Waals surface area contributed by atoms with E-state index in [1.54, 1.807) is 6.07 Å². The zero-order chi connectivity index (χ0) is 23.0. The van der Waals surface area contributed by atoms with Crippen LogP contribution >= 0.6 is 0 Å². The number of carbonyl (C=O) groups excluding carboxylic acids is 1. The molecule has 4 rings (SSSR count). The number of halogens is 2. The molecule has 0 radical (unpaired) electrons. The molecular formula is C20H20F2N3O6S+. The average Bonchev–Trinajstić information content (AvgIpc) is 3.07. The van der Waals surface area contributed by atoms with Crippen molar-refractivity contribution >= 4 is 27.8 Å². The Bertz CT molecular complexity index is 1200. The smallest absolute Gasteiger partial charge is 0.495 e. The maximum Gasteiger partial charge on any atom is 0.586 e. The topological polar surface area (TPSA) is 88.4 Å². The second-order valence-electron chi connectivity index (χ2n) is 7.26. The van der Waals surface area contributed by atoms with E-state index in [4.69, 9.17) is 4.74 Å². The van der Waals surface area contributed by atoms with Crippen LogP contribution in [0.3, 0.4) is 0 Å². The van der Waals surface area contributed by atoms with Crippen molar-refractivity contribution in [3.8, 4) is 17.2 Å². The van der Waals surface area contributed by atoms with Crippen molar-refractivity contribution in [3.05, 3.63) is 42.0 Å². The second-order valence-corrected chi connectivity index (χ2v) is 8.06. The van der Waals surface area contributed by atoms with E-state index < -0.39 is 28.5 Å². The van der Waals surface area contributed by atoms with Gasteiger partial charge in [0.15, 0.2) is 11.5 Å². The Morgan fingerprint density at radius 1 is 1.12 bits per heavy atom. The normalized spacial score (nSPS) is 17.2. The predicted octanol–water partition coefficient (Wildman–Crippen LogP) is 2.32. The highest BCUT2D eigenvalue weighted by molar-refractivity contribution is 7.59. The van der Waals surface area contributed by atoms with Crippen LogP contribution in [0.1, 0.15) is 10.4 Å². The Balaban J connectivity index is 1.76. The molecule has 0 spiro atoms. The van der Waals surface area contributed by atoms with E-state index in [0.717, 1.165) is 13.1 Å². The lowest BCUT2D eigenvalue weighted by Gasteiger charge is -2.34. The summed E-state index contributed by atoms with van der Waals surface area (Å²) in [7, 11) is 0.448. The van der Waals surface area contributed by atoms with Gasteiger partial charge in [0.25, 0.3) is 0 Å². The number of ether oxygens (including phenoxy) is 3. The number of para-hydroxylation sites is 1. The maximum atomic E-state index is 13.5. The van der Waals surface area contributed by atoms with E-state index in [0.29, 0.717) is 28.5 Å². The van der Waals surface area contributed by atoms with Crippen molar-refractivity contribution in [1.29, 1.82) is 0 Å². The molecule has 9 nitrogen and oxygen atoms in total. The molecule has 0 aromatic heterocycles. The minimum Gasteiger partial charge on any atom is -0.495 e. The summed E-state index contributed by atoms with van der Waals surface area (Å²) in [6, 6.07) is 8.17. The Morgan fingerprint density at radius 2 is 1.84 bits per heavy atom. The van der Waals surface area contributed by atoms with E-state index in [1.165, 1.54) is 37.4 Å². The Hall–Kier alpha value is -3.25. The number of anilines is 1. The molecule has 2 aliphatic rings. The highest BCUT2D eigenvalue weighted by Crippen LogP contribution is 2.44. The molecular weight excluding hydrogens is 448 g/mol. The van der Waals surface area contributed by atoms with Crippen LogP contribution in [-0.4, -0.2) is 69.8 Å². The number of benzene rings is 2. The van der Waals surface area contributed by atoms with Crippen LogP contribution < -0.4 is 19.1 Å². The van der Waals surface area contributed by atoms with Gasteiger partial charge in [-0.1, -0.05) is 6.07 Å². The first-order chi connectivity index (χ1) is 15.2. The molecule has 32 heavy (non-hydrogen) atoms. The monoisotopic (exact) mass is 468 g/mol. The van der Waals surface area contributed by atoms with Gasteiger partial charge < -0.3 is 24.0 Å². The molecule has 0 saturated carbocycles. The number of likely N-dealkylation sites (N-methyl/N-ethyl adjacent to an activating group) is 1. The van der Waals surface area contributed by atoms with Crippen LogP contribution in [0, 0.1) is 0 Å². The summed E-state index contributed by atoms with van der Waals surface area (Å²) in [6.45, 7) is 2.95. The number of rotatable bonds is 4. The number of nitrogens with zero attached hydrogens (tertiary/aromatic N) is 3. The van der Waals surface area contributed by atoms with Gasteiger partial charge in [0.1, 0.15) is 11.3 Å². The van der Waals surface area contributed by atoms with Crippen LogP contribution in [0.4, 0.5) is 20.2 Å². The molecule has 0 bridgehead atoms. The van der Waals surface area contributed by atoms with Crippen LogP contribution in [-0.2, 0) is 10.5 Å². The number of hydrogen-bond donors (Lipinski definition) is 0. The summed E-state index contributed by atoms with van der Waals surface area (Å²) in [6.07, 6.45) is -3.95. The quantitative estimate of drug-likeness (QED) is 0.632. The third-order valence-corrected chi connectivity index (χ3v) is 5.91. The first-order valence-electron chi connectivity index (χ1n) is 9.64. The van der Waals surface area contributed by atoms with Crippen molar-refractivity contribution in [2.45, 2.75) is 6.29 Å². The summed E-state index contributed by atoms with van der Waals surface area (Å²) in [5, 5.41) is 0. The minimum absolute atomic E-state index is 0.0290. The third-order valence-electron chi connectivity index (χ3n) is 5.23. The first-order valence-corrected chi connectivity index (χ1v) is 10.7. The van der Waals surface area contributed by atoms with E-state index in [9.17, 15) is 22.0 Å². The number of piperazine rings is 1. The van der Waals surface area contributed by atoms with Crippen molar-refractivity contribution < 1.29 is 40.1 Å². The van der Waals surface area contributed by atoms with Crippen LogP contribution in [0.2, 0.25) is 0 Å². The van der Waals surface area contributed by atoms with E-state index >= 15 is 0 Å². The average molecular weight is 468 g/mol. The summed E-state index contributed by atoms with van der Waals surface area (Å²) in [5.74, 6) is -1.43. The number of carbonyl (C=O) groups is 1. The van der Waals surface area contributed by atoms with E-state index in [1.807, 2.05) is 11.9 Å². The lowest BCUT2D eigenvalue weighted by molar-refractivity contribution is -0.309. The molecule has 170 valence electrons. The van der Waals surface area contributed by atoms with Gasteiger partial charge in [-0.25, -0.2) is 4.79 Å². The SMILES string of the molecule is COc1ccc([N+](C(=O)c2cccc3c2OC(F)(F)O3)=S(=O)=O)cc1N1CCN(C)CC1. The number of alkyl halides is 2. The van der Waals surface area contributed by atoms with Crippen LogP contribution in [0.25, 0.3) is 0 Å². The largest absolute Gasteiger partial charge is 0.586 e. The van der Waals surface area contributed by atoms with Gasteiger partial charge in [0, 0.05) is 38.3 Å². The lowest BCUT2D eigenvalue weighted by Crippen LogP contribution is -2.44. The van der Waals surface area contributed by atoms with Crippen LogP contribution in [0.15, 0.2) is 36.4 Å². The Kier molecular flexibility index (Phi) is 5.73. The lowest BCUT2D eigenvalue weighted by atomic mass is 10.1. The zero-order valence-electron chi connectivity index (χ0n) is 17.2. The highest BCUT2D eigenvalue weighted by Gasteiger charge is 2.47. The van der Waals surface area contributed by atoms with E-state index in [2.05, 4.69) is 14.4 Å². The van der Waals surface area contributed by atoms with Crippen molar-refractivity contribution in [3.63, 3.8) is 0 Å². The molecule has 2 heterocycles. The second kappa shape index (κ2) is 8.36. The molecule has 0 aliphatic carbocycles. The fourth-order valence-electron chi connectivity index (χ4n) is 3.62. The van der Waals surface area contributed by atoms with Gasteiger partial charge in [0.05, 0.1) is 12.8 Å². The fourth-order valence-corrected chi connectivity index (χ4v) is 4.14. The number of fused-ring (bicyclic) bond motifs is 1. The Morgan fingerprint density at radius 3 is 2.50 bits per heavy atom. The summed E-state index contributed by atoms with van der Waals surface area (Å²) in [4.78, 5) is 17.3. The van der Waals surface area contributed by atoms with Gasteiger partial charge in [-0.2, -0.15) is 0 Å². The fraction of sp³-hybridized carbons (Fsp3) is 0.350. The summed E-state index contributed by atoms with van der Waals surface area (Å²) in [5.41, 5.74) is 0.271. The minimum atomic E-state index is -3.95. The van der Waals surface area contributed by atoms with Crippen molar-refractivity contribution in [2.24, 2.45) is 0 Å². The molecule has 2 aliphatic heterocycles. The van der Waals surface area contributed by atoms with Crippen molar-refractivity contribution in [2.75, 3.05) is 45.2 Å². The first kappa shape index (κ1) is 22.0. The van der Waals surface area contributed by atoms with Crippen molar-refractivity contribution in [1.82, 2.24) is 4.90 Å². The Labute approximate surface area is 184 Å². The molecule has 2 aromatic carbocycles. The zero-order valence-corrected chi connectivity index (χ0v) is 18.1. The molecule has 1 fully saturated rings. The standard InChI is InChI=1S/C20H20F2N3O6S/c1-23-8-10-24(11-9-23)15-12-13(6-7-16(15)29-2)25(32(27)28)19(26)14-4-3-5-17-18(14)31-20(21,22)30-17/h3-7,12H,8-11H2,1-2H3/q+1. The molecule has 2 aromatic rings. The molecule has 1 amide bonds. The van der Waals surface area contributed by atoms with E-state index in [-0.39, 0.29) is 17.0 Å². The summed E-state index contributed by atoms with van der Waals surface area (Å²) >= 11 is 0. The van der Waals surface area contributed by atoms with Gasteiger partial charge in [-0.15, -0.1) is 17.2 Å². The molecule has 0 N–H and O–H groups in total. The predicted molar refractivity (Wildman–Crippen MR) is 109 cm³/mol. The van der Waals surface area contributed by atoms with Gasteiger partial charge >= 0.3 is 22.7 Å². The van der Waals surface area contributed by atoms with Gasteiger partial charge in [-0.3, -0.25) is 0 Å².